The third-order valence-corrected chi connectivity index (χ3v) is 5.11. The minimum absolute atomic E-state index is 0.0608. The third-order valence-electron chi connectivity index (χ3n) is 4.19. The summed E-state index contributed by atoms with van der Waals surface area (Å²) in [5, 5.41) is 21.6. The summed E-state index contributed by atoms with van der Waals surface area (Å²) in [4.78, 5) is 12.7. The molecule has 0 spiro atoms. The normalized spacial score (nSPS) is 11.0. The fourth-order valence-corrected chi connectivity index (χ4v) is 3.66. The highest BCUT2D eigenvalue weighted by Crippen LogP contribution is 2.23. The SMILES string of the molecule is CCCn1c(C)cc(C(=O)CSc2nnnn2-c2ccc(O)cc2)c1C. The van der Waals surface area contributed by atoms with Crippen molar-refractivity contribution in [2.24, 2.45) is 0 Å². The van der Waals surface area contributed by atoms with Crippen LogP contribution in [0.4, 0.5) is 0 Å². The van der Waals surface area contributed by atoms with Crippen LogP contribution >= 0.6 is 11.8 Å². The highest BCUT2D eigenvalue weighted by atomic mass is 32.2. The number of hydrogen-bond donors (Lipinski definition) is 1. The summed E-state index contributed by atoms with van der Waals surface area (Å²) in [6.45, 7) is 7.05. The molecule has 0 unspecified atom stereocenters. The molecule has 0 saturated carbocycles. The maximum absolute atomic E-state index is 12.7. The van der Waals surface area contributed by atoms with Crippen molar-refractivity contribution in [3.8, 4) is 11.4 Å². The molecule has 0 aliphatic carbocycles. The van der Waals surface area contributed by atoms with Crippen LogP contribution in [0.2, 0.25) is 0 Å². The molecule has 7 nitrogen and oxygen atoms in total. The van der Waals surface area contributed by atoms with Crippen LogP contribution in [0.1, 0.15) is 35.1 Å². The van der Waals surface area contributed by atoms with Crippen molar-refractivity contribution in [1.29, 1.82) is 0 Å². The zero-order valence-corrected chi connectivity index (χ0v) is 15.8. The number of hydrogen-bond acceptors (Lipinski definition) is 6. The summed E-state index contributed by atoms with van der Waals surface area (Å²) in [6.07, 6.45) is 1.03. The number of thioether (sulfide) groups is 1. The van der Waals surface area contributed by atoms with Gasteiger partial charge in [0, 0.05) is 23.5 Å². The Morgan fingerprint density at radius 2 is 1.96 bits per heavy atom. The van der Waals surface area contributed by atoms with Crippen LogP contribution in [0.15, 0.2) is 35.5 Å². The van der Waals surface area contributed by atoms with E-state index in [-0.39, 0.29) is 17.3 Å². The number of carbonyl (C=O) groups is 1. The highest BCUT2D eigenvalue weighted by molar-refractivity contribution is 7.99. The summed E-state index contributed by atoms with van der Waals surface area (Å²) >= 11 is 1.30. The lowest BCUT2D eigenvalue weighted by atomic mass is 10.2. The Balaban J connectivity index is 1.74. The van der Waals surface area contributed by atoms with Crippen molar-refractivity contribution in [3.63, 3.8) is 0 Å². The van der Waals surface area contributed by atoms with Crippen LogP contribution < -0.4 is 0 Å². The van der Waals surface area contributed by atoms with Crippen LogP contribution in [0.3, 0.4) is 0 Å². The number of Topliss-reactive ketones (excluding diaryl/α,β-unsaturated/α-hetero) is 1. The minimum Gasteiger partial charge on any atom is -0.508 e. The Labute approximate surface area is 156 Å². The van der Waals surface area contributed by atoms with Gasteiger partial charge in [-0.1, -0.05) is 18.7 Å². The van der Waals surface area contributed by atoms with Gasteiger partial charge in [-0.3, -0.25) is 4.79 Å². The van der Waals surface area contributed by atoms with Gasteiger partial charge in [0.15, 0.2) is 5.78 Å². The number of aromatic nitrogens is 5. The van der Waals surface area contributed by atoms with Gasteiger partial charge in [0.25, 0.3) is 0 Å². The van der Waals surface area contributed by atoms with Crippen LogP contribution in [0, 0.1) is 13.8 Å². The summed E-state index contributed by atoms with van der Waals surface area (Å²) in [5.41, 5.74) is 3.59. The molecule has 136 valence electrons. The lowest BCUT2D eigenvalue weighted by Gasteiger charge is -2.07. The van der Waals surface area contributed by atoms with Gasteiger partial charge in [0.1, 0.15) is 5.75 Å². The molecule has 3 aromatic rings. The average Bonchev–Trinajstić information content (AvgIpc) is 3.20. The minimum atomic E-state index is 0.0608. The second-order valence-electron chi connectivity index (χ2n) is 6.04. The van der Waals surface area contributed by atoms with E-state index in [0.717, 1.165) is 35.6 Å². The number of aromatic hydroxyl groups is 1. The van der Waals surface area contributed by atoms with Crippen molar-refractivity contribution >= 4 is 17.5 Å². The van der Waals surface area contributed by atoms with Gasteiger partial charge in [-0.15, -0.1) is 5.10 Å². The molecule has 0 bridgehead atoms. The van der Waals surface area contributed by atoms with Gasteiger partial charge in [-0.25, -0.2) is 0 Å². The second-order valence-corrected chi connectivity index (χ2v) is 6.98. The molecule has 0 atom stereocenters. The fraction of sp³-hybridized carbons (Fsp3) is 0.333. The topological polar surface area (TPSA) is 85.8 Å². The van der Waals surface area contributed by atoms with E-state index < -0.39 is 0 Å². The van der Waals surface area contributed by atoms with Gasteiger partial charge in [0.05, 0.1) is 11.4 Å². The van der Waals surface area contributed by atoms with Crippen molar-refractivity contribution in [2.45, 2.75) is 38.9 Å². The number of tetrazole rings is 1. The summed E-state index contributed by atoms with van der Waals surface area (Å²) in [7, 11) is 0. The standard InChI is InChI=1S/C18H21N5O2S/c1-4-9-22-12(2)10-16(13(22)3)17(25)11-26-18-19-20-21-23(18)14-5-7-15(24)8-6-14/h5-8,10,24H,4,9,11H2,1-3H3. The molecule has 8 heteroatoms. The first-order valence-corrected chi connectivity index (χ1v) is 9.40. The van der Waals surface area contributed by atoms with Gasteiger partial charge < -0.3 is 9.67 Å². The van der Waals surface area contributed by atoms with Crippen LogP contribution in [-0.2, 0) is 6.54 Å². The largest absolute Gasteiger partial charge is 0.508 e. The summed E-state index contributed by atoms with van der Waals surface area (Å²) < 4.78 is 3.73. The van der Waals surface area contributed by atoms with E-state index >= 15 is 0 Å². The molecular formula is C18H21N5O2S. The maximum Gasteiger partial charge on any atom is 0.214 e. The fourth-order valence-electron chi connectivity index (χ4n) is 2.88. The number of aryl methyl sites for hydroxylation is 1. The van der Waals surface area contributed by atoms with Crippen molar-refractivity contribution < 1.29 is 9.90 Å². The molecule has 0 aliphatic heterocycles. The molecule has 3 rings (SSSR count). The molecule has 0 aliphatic rings. The van der Waals surface area contributed by atoms with E-state index in [9.17, 15) is 9.90 Å². The quantitative estimate of drug-likeness (QED) is 0.507. The average molecular weight is 371 g/mol. The van der Waals surface area contributed by atoms with Crippen molar-refractivity contribution in [3.05, 3.63) is 47.3 Å². The summed E-state index contributed by atoms with van der Waals surface area (Å²) in [5.74, 6) is 0.494. The predicted molar refractivity (Wildman–Crippen MR) is 100 cm³/mol. The van der Waals surface area contributed by atoms with Crippen molar-refractivity contribution in [1.82, 2.24) is 24.8 Å². The van der Waals surface area contributed by atoms with Crippen molar-refractivity contribution in [2.75, 3.05) is 5.75 Å². The van der Waals surface area contributed by atoms with Crippen LogP contribution in [-0.4, -0.2) is 41.4 Å². The Hall–Kier alpha value is -2.61. The lowest BCUT2D eigenvalue weighted by molar-refractivity contribution is 0.102. The molecule has 0 saturated heterocycles. The monoisotopic (exact) mass is 371 g/mol. The first-order valence-electron chi connectivity index (χ1n) is 8.41. The number of benzene rings is 1. The van der Waals surface area contributed by atoms with Gasteiger partial charge in [-0.2, -0.15) is 4.68 Å². The molecule has 2 heterocycles. The molecule has 0 amide bonds. The van der Waals surface area contributed by atoms with E-state index in [1.165, 1.54) is 11.8 Å². The van der Waals surface area contributed by atoms with E-state index in [2.05, 4.69) is 27.0 Å². The highest BCUT2D eigenvalue weighted by Gasteiger charge is 2.17. The number of carbonyl (C=O) groups excluding carboxylic acids is 1. The van der Waals surface area contributed by atoms with E-state index in [1.807, 2.05) is 19.9 Å². The predicted octanol–water partition coefficient (Wildman–Crippen LogP) is 3.17. The van der Waals surface area contributed by atoms with Gasteiger partial charge in [0.2, 0.25) is 5.16 Å². The molecule has 1 aromatic carbocycles. The number of nitrogens with zero attached hydrogens (tertiary/aromatic N) is 5. The number of ketones is 1. The maximum atomic E-state index is 12.7. The molecule has 0 radical (unpaired) electrons. The zero-order chi connectivity index (χ0) is 18.7. The third kappa shape index (κ3) is 3.65. The van der Waals surface area contributed by atoms with E-state index in [1.54, 1.807) is 28.9 Å². The van der Waals surface area contributed by atoms with Crippen LogP contribution in [0.5, 0.6) is 5.75 Å². The molecule has 2 aromatic heterocycles. The van der Waals surface area contributed by atoms with Gasteiger partial charge >= 0.3 is 0 Å². The molecular weight excluding hydrogens is 350 g/mol. The molecule has 0 fully saturated rings. The number of phenolic OH excluding ortho intramolecular Hbond substituents is 1. The van der Waals surface area contributed by atoms with E-state index in [4.69, 9.17) is 0 Å². The smallest absolute Gasteiger partial charge is 0.214 e. The Morgan fingerprint density at radius 1 is 1.23 bits per heavy atom. The Kier molecular flexibility index (Phi) is 5.41. The first-order chi connectivity index (χ1) is 12.5. The van der Waals surface area contributed by atoms with Crippen LogP contribution in [0.25, 0.3) is 5.69 Å². The number of phenols is 1. The van der Waals surface area contributed by atoms with Gasteiger partial charge in [-0.05, 0) is 61.0 Å². The zero-order valence-electron chi connectivity index (χ0n) is 15.0. The second kappa shape index (κ2) is 7.74. The van der Waals surface area contributed by atoms with E-state index in [0.29, 0.717) is 5.16 Å². The Bertz CT molecular complexity index is 914. The number of rotatable bonds is 7. The summed E-state index contributed by atoms with van der Waals surface area (Å²) in [6, 6.07) is 8.53. The Morgan fingerprint density at radius 3 is 2.65 bits per heavy atom. The first kappa shape index (κ1) is 18.2. The molecule has 1 N–H and O–H groups in total. The molecule has 26 heavy (non-hydrogen) atoms. The lowest BCUT2D eigenvalue weighted by Crippen LogP contribution is -2.07.